The molecule has 0 aliphatic carbocycles. The Morgan fingerprint density at radius 3 is 2.53 bits per heavy atom. The molecule has 14 heteroatoms. The third-order valence-electron chi connectivity index (χ3n) is 5.12. The lowest BCUT2D eigenvalue weighted by atomic mass is 10.0. The number of halogens is 6. The third-order valence-corrected chi connectivity index (χ3v) is 6.28. The molecule has 1 aromatic carbocycles. The van der Waals surface area contributed by atoms with E-state index in [0.29, 0.717) is 6.20 Å². The van der Waals surface area contributed by atoms with Crippen molar-refractivity contribution in [1.82, 2.24) is 4.98 Å². The summed E-state index contributed by atoms with van der Waals surface area (Å²) in [6.45, 7) is -0.224. The largest absolute Gasteiger partial charge is 0.418 e. The summed E-state index contributed by atoms with van der Waals surface area (Å²) in [5, 5.41) is 2.38. The Kier molecular flexibility index (Phi) is 6.86. The number of alkyl halides is 6. The van der Waals surface area contributed by atoms with Gasteiger partial charge in [-0.15, -0.1) is 0 Å². The number of carbonyl (C=O) groups excluding carboxylic acids is 1. The van der Waals surface area contributed by atoms with E-state index in [0.717, 1.165) is 18.1 Å². The van der Waals surface area contributed by atoms with Crippen LogP contribution in [0.25, 0.3) is 0 Å². The van der Waals surface area contributed by atoms with E-state index in [4.69, 9.17) is 9.52 Å². The van der Waals surface area contributed by atoms with Crippen molar-refractivity contribution in [1.29, 1.82) is 4.78 Å². The minimum atomic E-state index is -4.86. The Labute approximate surface area is 191 Å². The maximum Gasteiger partial charge on any atom is 0.418 e. The minimum absolute atomic E-state index is 0.0437. The van der Waals surface area contributed by atoms with Crippen LogP contribution in [0, 0.1) is 11.7 Å². The molecule has 2 atom stereocenters. The van der Waals surface area contributed by atoms with Crippen LogP contribution in [0.1, 0.15) is 21.5 Å². The van der Waals surface area contributed by atoms with Crippen LogP contribution in [0.3, 0.4) is 0 Å². The monoisotopic (exact) mass is 510 g/mol. The van der Waals surface area contributed by atoms with Crippen molar-refractivity contribution in [3.63, 3.8) is 0 Å². The number of hydrogen-bond donors (Lipinski definition) is 2. The van der Waals surface area contributed by atoms with Gasteiger partial charge in [0.15, 0.2) is 6.10 Å². The third kappa shape index (κ3) is 5.60. The molecule has 1 fully saturated rings. The number of ether oxygens (including phenoxy) is 1. The van der Waals surface area contributed by atoms with Crippen molar-refractivity contribution >= 4 is 27.1 Å². The van der Waals surface area contributed by atoms with E-state index in [1.54, 1.807) is 0 Å². The van der Waals surface area contributed by atoms with Crippen molar-refractivity contribution in [2.24, 2.45) is 0 Å². The number of hydrogen-bond acceptors (Lipinski definition) is 6. The highest BCUT2D eigenvalue weighted by Gasteiger charge is 2.44. The lowest BCUT2D eigenvalue weighted by Gasteiger charge is -2.35. The SMILES string of the molecule is Cc1c(C(F)(F)F)cnc(N2CCO[C@H](C(F)(F)F)C2)c1C(=O)Nc1cccc(S(C)(=N)=O)c1. The fourth-order valence-electron chi connectivity index (χ4n) is 3.44. The van der Waals surface area contributed by atoms with Gasteiger partial charge in [-0.2, -0.15) is 26.3 Å². The molecule has 0 spiro atoms. The van der Waals surface area contributed by atoms with Crippen LogP contribution in [0.2, 0.25) is 0 Å². The van der Waals surface area contributed by atoms with Gasteiger partial charge in [-0.3, -0.25) is 4.79 Å². The maximum atomic E-state index is 13.5. The molecular formula is C20H20F6N4O3S. The molecule has 1 aromatic heterocycles. The summed E-state index contributed by atoms with van der Waals surface area (Å²) >= 11 is 0. The highest BCUT2D eigenvalue weighted by atomic mass is 32.2. The molecule has 1 amide bonds. The molecule has 1 saturated heterocycles. The Morgan fingerprint density at radius 1 is 1.26 bits per heavy atom. The van der Waals surface area contributed by atoms with Gasteiger partial charge in [0.2, 0.25) is 0 Å². The highest BCUT2D eigenvalue weighted by Crippen LogP contribution is 2.37. The highest BCUT2D eigenvalue weighted by molar-refractivity contribution is 7.91. The van der Waals surface area contributed by atoms with E-state index in [1.165, 1.54) is 24.3 Å². The first-order chi connectivity index (χ1) is 15.6. The molecular weight excluding hydrogens is 490 g/mol. The number of pyridine rings is 1. The number of amides is 1. The number of anilines is 2. The molecule has 0 saturated carbocycles. The van der Waals surface area contributed by atoms with Gasteiger partial charge in [0.25, 0.3) is 5.91 Å². The summed E-state index contributed by atoms with van der Waals surface area (Å²) in [5.41, 5.74) is -2.23. The molecule has 1 unspecified atom stereocenters. The van der Waals surface area contributed by atoms with Gasteiger partial charge < -0.3 is 15.0 Å². The number of nitrogens with one attached hydrogen (secondary N) is 2. The minimum Gasteiger partial charge on any atom is -0.365 e. The molecule has 1 aliphatic heterocycles. The Bertz CT molecular complexity index is 1200. The predicted molar refractivity (Wildman–Crippen MR) is 111 cm³/mol. The van der Waals surface area contributed by atoms with E-state index in [1.807, 2.05) is 0 Å². The summed E-state index contributed by atoms with van der Waals surface area (Å²) in [7, 11) is -3.15. The molecule has 1 aliphatic rings. The van der Waals surface area contributed by atoms with E-state index < -0.39 is 57.3 Å². The number of carbonyl (C=O) groups is 1. The number of nitrogens with zero attached hydrogens (tertiary/aromatic N) is 2. The average Bonchev–Trinajstić information content (AvgIpc) is 2.71. The lowest BCUT2D eigenvalue weighted by molar-refractivity contribution is -0.221. The van der Waals surface area contributed by atoms with Crippen LogP contribution in [-0.4, -0.2) is 53.3 Å². The zero-order chi connectivity index (χ0) is 25.5. The van der Waals surface area contributed by atoms with Gasteiger partial charge in [0.1, 0.15) is 5.82 Å². The summed E-state index contributed by atoms with van der Waals surface area (Å²) in [5.74, 6) is -1.40. The fourth-order valence-corrected chi connectivity index (χ4v) is 4.13. The Hall–Kier alpha value is -2.87. The summed E-state index contributed by atoms with van der Waals surface area (Å²) in [6, 6.07) is 5.39. The van der Waals surface area contributed by atoms with Crippen molar-refractivity contribution in [3.05, 3.63) is 47.2 Å². The van der Waals surface area contributed by atoms with Gasteiger partial charge in [-0.1, -0.05) is 6.07 Å². The molecule has 0 radical (unpaired) electrons. The predicted octanol–water partition coefficient (Wildman–Crippen LogP) is 4.46. The summed E-state index contributed by atoms with van der Waals surface area (Å²) in [6.07, 6.45) is -10.1. The quantitative estimate of drug-likeness (QED) is 0.593. The molecule has 2 aromatic rings. The zero-order valence-corrected chi connectivity index (χ0v) is 18.7. The van der Waals surface area contributed by atoms with E-state index in [2.05, 4.69) is 10.3 Å². The second-order valence-electron chi connectivity index (χ2n) is 7.67. The number of aromatic nitrogens is 1. The first kappa shape index (κ1) is 25.7. The van der Waals surface area contributed by atoms with Crippen LogP contribution in [-0.2, 0) is 20.6 Å². The van der Waals surface area contributed by atoms with Crippen LogP contribution >= 0.6 is 0 Å². The van der Waals surface area contributed by atoms with Crippen LogP contribution in [0.5, 0.6) is 0 Å². The van der Waals surface area contributed by atoms with Crippen molar-refractivity contribution < 1.29 is 40.1 Å². The van der Waals surface area contributed by atoms with Crippen LogP contribution in [0.4, 0.5) is 37.8 Å². The second-order valence-corrected chi connectivity index (χ2v) is 9.82. The van der Waals surface area contributed by atoms with Crippen molar-refractivity contribution in [2.75, 3.05) is 36.2 Å². The second kappa shape index (κ2) is 9.06. The number of rotatable bonds is 4. The van der Waals surface area contributed by atoms with Gasteiger partial charge in [0, 0.05) is 29.6 Å². The molecule has 2 heterocycles. The Morgan fingerprint density at radius 2 is 1.94 bits per heavy atom. The smallest absolute Gasteiger partial charge is 0.365 e. The molecule has 186 valence electrons. The van der Waals surface area contributed by atoms with Crippen molar-refractivity contribution in [3.8, 4) is 0 Å². The van der Waals surface area contributed by atoms with Crippen LogP contribution < -0.4 is 10.2 Å². The topological polar surface area (TPSA) is 95.4 Å². The van der Waals surface area contributed by atoms with Gasteiger partial charge in [0.05, 0.1) is 34.0 Å². The molecule has 7 nitrogen and oxygen atoms in total. The van der Waals surface area contributed by atoms with Gasteiger partial charge >= 0.3 is 12.4 Å². The first-order valence-corrected chi connectivity index (χ1v) is 11.7. The summed E-state index contributed by atoms with van der Waals surface area (Å²) in [4.78, 5) is 17.9. The summed E-state index contributed by atoms with van der Waals surface area (Å²) < 4.78 is 104. The standard InChI is InChI=1S/C20H20F6N4O3S/c1-11-14(19(21,22)23)9-28-17(30-6-7-33-15(10-30)20(24,25)26)16(11)18(31)29-12-4-3-5-13(8-12)34(2,27)32/h3-5,8-9,15,27H,6-7,10H2,1-2H3,(H,29,31)/t15-,34?/m0/s1. The fraction of sp³-hybridized carbons (Fsp3) is 0.400. The number of morpholine rings is 1. The van der Waals surface area contributed by atoms with E-state index in [9.17, 15) is 35.3 Å². The first-order valence-electron chi connectivity index (χ1n) is 9.74. The van der Waals surface area contributed by atoms with E-state index in [-0.39, 0.29) is 29.6 Å². The van der Waals surface area contributed by atoms with Gasteiger partial charge in [-0.05, 0) is 30.7 Å². The lowest BCUT2D eigenvalue weighted by Crippen LogP contribution is -2.50. The zero-order valence-electron chi connectivity index (χ0n) is 17.9. The molecule has 0 bridgehead atoms. The van der Waals surface area contributed by atoms with Crippen molar-refractivity contribution in [2.45, 2.75) is 30.3 Å². The van der Waals surface area contributed by atoms with E-state index >= 15 is 0 Å². The molecule has 34 heavy (non-hydrogen) atoms. The molecule has 2 N–H and O–H groups in total. The van der Waals surface area contributed by atoms with Gasteiger partial charge in [-0.25, -0.2) is 14.0 Å². The normalized spacial score (nSPS) is 18.9. The van der Waals surface area contributed by atoms with Crippen LogP contribution in [0.15, 0.2) is 35.4 Å². The maximum absolute atomic E-state index is 13.5. The molecule has 3 rings (SSSR count). The average molecular weight is 510 g/mol. The number of benzene rings is 1. The Balaban J connectivity index is 2.06.